The Hall–Kier alpha value is -2.91. The zero-order valence-electron chi connectivity index (χ0n) is 22.1. The van der Waals surface area contributed by atoms with Gasteiger partial charge in [0.05, 0.1) is 4.88 Å². The number of ether oxygens (including phenoxy) is 2. The highest BCUT2D eigenvalue weighted by Crippen LogP contribution is 2.19. The molecular formula is C30H40N2O5S. The molecule has 0 fully saturated rings. The highest BCUT2D eigenvalue weighted by Gasteiger charge is 2.17. The Morgan fingerprint density at radius 2 is 1.45 bits per heavy atom. The topological polar surface area (TPSA) is 91.3 Å². The summed E-state index contributed by atoms with van der Waals surface area (Å²) in [4.78, 5) is 16.2. The number of hydrogen-bond acceptors (Lipinski definition) is 7. The van der Waals surface area contributed by atoms with Crippen molar-refractivity contribution in [3.05, 3.63) is 82.6 Å². The molecule has 3 rings (SSSR count). The van der Waals surface area contributed by atoms with Gasteiger partial charge in [0.25, 0.3) is 5.91 Å². The first-order valence-corrected chi connectivity index (χ1v) is 14.2. The molecule has 0 aliphatic heterocycles. The van der Waals surface area contributed by atoms with Crippen molar-refractivity contribution >= 4 is 17.2 Å². The Bertz CT molecular complexity index is 996. The molecule has 1 amide bonds. The van der Waals surface area contributed by atoms with Crippen LogP contribution in [0.25, 0.3) is 0 Å². The molecule has 3 N–H and O–H groups in total. The van der Waals surface area contributed by atoms with E-state index in [9.17, 15) is 15.0 Å². The molecular weight excluding hydrogens is 500 g/mol. The predicted octanol–water partition coefficient (Wildman–Crippen LogP) is 4.39. The molecule has 2 unspecified atom stereocenters. The Morgan fingerprint density at radius 3 is 2.00 bits per heavy atom. The highest BCUT2D eigenvalue weighted by atomic mass is 32.1. The molecule has 8 heteroatoms. The van der Waals surface area contributed by atoms with Gasteiger partial charge in [-0.15, -0.1) is 11.3 Å². The molecule has 0 spiro atoms. The molecule has 0 saturated heterocycles. The smallest absolute Gasteiger partial charge is 0.261 e. The van der Waals surface area contributed by atoms with Crippen LogP contribution in [0.5, 0.6) is 11.5 Å². The van der Waals surface area contributed by atoms with E-state index in [0.29, 0.717) is 37.7 Å². The van der Waals surface area contributed by atoms with Gasteiger partial charge in [0, 0.05) is 24.5 Å². The Kier molecular flexibility index (Phi) is 13.1. The van der Waals surface area contributed by atoms with E-state index in [-0.39, 0.29) is 19.1 Å². The standard InChI is InChI=1S/C30H40N2O5S/c1-2-3-18-31-30(35)29-17-16-28(38-29)15-10-19-32(20-24(33)22-36-26-11-6-4-7-12-26)21-25(34)23-37-27-13-8-5-9-14-27/h4-9,11-14,16-17,24-25,33-34H,2-3,10,15,18-23H2,1H3,(H,31,35). The number of rotatable bonds is 18. The summed E-state index contributed by atoms with van der Waals surface area (Å²) < 4.78 is 11.4. The minimum absolute atomic E-state index is 0.0144. The van der Waals surface area contributed by atoms with Crippen molar-refractivity contribution in [2.45, 2.75) is 44.8 Å². The minimum atomic E-state index is -0.711. The van der Waals surface area contributed by atoms with Gasteiger partial charge in [-0.3, -0.25) is 9.69 Å². The van der Waals surface area contributed by atoms with E-state index in [0.717, 1.165) is 35.4 Å². The van der Waals surface area contributed by atoms with Crippen LogP contribution in [0.2, 0.25) is 0 Å². The number of benzene rings is 2. The third-order valence-corrected chi connectivity index (χ3v) is 7.05. The van der Waals surface area contributed by atoms with Gasteiger partial charge in [-0.05, 0) is 62.2 Å². The molecule has 0 radical (unpaired) electrons. The number of para-hydroxylation sites is 2. The van der Waals surface area contributed by atoms with E-state index >= 15 is 0 Å². The Labute approximate surface area is 230 Å². The van der Waals surface area contributed by atoms with Crippen LogP contribution in [0.4, 0.5) is 0 Å². The van der Waals surface area contributed by atoms with E-state index in [2.05, 4.69) is 12.2 Å². The van der Waals surface area contributed by atoms with Crippen molar-refractivity contribution in [3.8, 4) is 11.5 Å². The van der Waals surface area contributed by atoms with Crippen LogP contribution in [-0.2, 0) is 6.42 Å². The first-order valence-electron chi connectivity index (χ1n) is 13.3. The zero-order valence-corrected chi connectivity index (χ0v) is 22.9. The number of thiophene rings is 1. The lowest BCUT2D eigenvalue weighted by molar-refractivity contribution is 0.0310. The van der Waals surface area contributed by atoms with E-state index in [1.54, 1.807) is 0 Å². The number of nitrogens with one attached hydrogen (secondary N) is 1. The highest BCUT2D eigenvalue weighted by molar-refractivity contribution is 7.14. The zero-order chi connectivity index (χ0) is 27.0. The SMILES string of the molecule is CCCCNC(=O)c1ccc(CCCN(CC(O)COc2ccccc2)CC(O)COc2ccccc2)s1. The second-order valence-electron chi connectivity index (χ2n) is 9.29. The molecule has 0 saturated carbocycles. The second kappa shape index (κ2) is 16.8. The molecule has 38 heavy (non-hydrogen) atoms. The lowest BCUT2D eigenvalue weighted by Gasteiger charge is -2.27. The quantitative estimate of drug-likeness (QED) is 0.207. The molecule has 0 aliphatic rings. The molecule has 1 aromatic heterocycles. The summed E-state index contributed by atoms with van der Waals surface area (Å²) in [5.74, 6) is 1.41. The molecule has 0 bridgehead atoms. The first-order chi connectivity index (χ1) is 18.5. The number of aliphatic hydroxyl groups excluding tert-OH is 2. The van der Waals surface area contributed by atoms with Gasteiger partial charge < -0.3 is 25.0 Å². The van der Waals surface area contributed by atoms with Crippen molar-refractivity contribution in [2.24, 2.45) is 0 Å². The van der Waals surface area contributed by atoms with Gasteiger partial charge in [0.1, 0.15) is 36.9 Å². The number of aliphatic hydroxyl groups is 2. The van der Waals surface area contributed by atoms with Crippen molar-refractivity contribution < 1.29 is 24.5 Å². The second-order valence-corrected chi connectivity index (χ2v) is 10.5. The van der Waals surface area contributed by atoms with Gasteiger partial charge in [-0.2, -0.15) is 0 Å². The molecule has 2 aromatic carbocycles. The average molecular weight is 541 g/mol. The lowest BCUT2D eigenvalue weighted by atomic mass is 10.2. The normalized spacial score (nSPS) is 12.7. The van der Waals surface area contributed by atoms with E-state index < -0.39 is 12.2 Å². The number of carbonyl (C=O) groups is 1. The number of unbranched alkanes of at least 4 members (excludes halogenated alkanes) is 1. The van der Waals surface area contributed by atoms with Crippen LogP contribution in [0.15, 0.2) is 72.8 Å². The van der Waals surface area contributed by atoms with Crippen LogP contribution >= 0.6 is 11.3 Å². The van der Waals surface area contributed by atoms with Gasteiger partial charge in [-0.1, -0.05) is 49.7 Å². The van der Waals surface area contributed by atoms with E-state index in [4.69, 9.17) is 9.47 Å². The number of hydrogen-bond donors (Lipinski definition) is 3. The summed E-state index contributed by atoms with van der Waals surface area (Å²) in [5, 5.41) is 24.3. The summed E-state index contributed by atoms with van der Waals surface area (Å²) >= 11 is 1.52. The molecule has 206 valence electrons. The third kappa shape index (κ3) is 11.2. The summed E-state index contributed by atoms with van der Waals surface area (Å²) in [6.07, 6.45) is 2.25. The van der Waals surface area contributed by atoms with Crippen LogP contribution in [0.3, 0.4) is 0 Å². The summed E-state index contributed by atoms with van der Waals surface area (Å²) in [6.45, 7) is 4.54. The maximum absolute atomic E-state index is 12.3. The third-order valence-electron chi connectivity index (χ3n) is 5.91. The number of carbonyl (C=O) groups excluding carboxylic acids is 1. The molecule has 7 nitrogen and oxygen atoms in total. The van der Waals surface area contributed by atoms with Gasteiger partial charge in [0.2, 0.25) is 0 Å². The number of nitrogens with zero attached hydrogens (tertiary/aromatic N) is 1. The van der Waals surface area contributed by atoms with E-state index in [1.165, 1.54) is 11.3 Å². The molecule has 2 atom stereocenters. The van der Waals surface area contributed by atoms with E-state index in [1.807, 2.05) is 77.7 Å². The molecule has 3 aromatic rings. The average Bonchev–Trinajstić information content (AvgIpc) is 3.41. The van der Waals surface area contributed by atoms with Crippen molar-refractivity contribution in [2.75, 3.05) is 39.4 Å². The fraction of sp³-hybridized carbons (Fsp3) is 0.433. The van der Waals surface area contributed by atoms with Crippen LogP contribution in [0, 0.1) is 0 Å². The largest absolute Gasteiger partial charge is 0.491 e. The lowest BCUT2D eigenvalue weighted by Crippen LogP contribution is -2.42. The first kappa shape index (κ1) is 29.6. The minimum Gasteiger partial charge on any atom is -0.491 e. The maximum Gasteiger partial charge on any atom is 0.261 e. The van der Waals surface area contributed by atoms with Crippen LogP contribution < -0.4 is 14.8 Å². The van der Waals surface area contributed by atoms with Gasteiger partial charge in [-0.25, -0.2) is 0 Å². The predicted molar refractivity (Wildman–Crippen MR) is 152 cm³/mol. The maximum atomic E-state index is 12.3. The fourth-order valence-electron chi connectivity index (χ4n) is 3.95. The monoisotopic (exact) mass is 540 g/mol. The number of aryl methyl sites for hydroxylation is 1. The Balaban J connectivity index is 1.49. The van der Waals surface area contributed by atoms with Crippen molar-refractivity contribution in [1.82, 2.24) is 10.2 Å². The van der Waals surface area contributed by atoms with Gasteiger partial charge in [0.15, 0.2) is 0 Å². The molecule has 0 aliphatic carbocycles. The summed E-state index contributed by atoms with van der Waals surface area (Å²) in [5.41, 5.74) is 0. The summed E-state index contributed by atoms with van der Waals surface area (Å²) in [7, 11) is 0. The summed E-state index contributed by atoms with van der Waals surface area (Å²) in [6, 6.07) is 22.7. The molecule has 1 heterocycles. The van der Waals surface area contributed by atoms with Crippen molar-refractivity contribution in [3.63, 3.8) is 0 Å². The van der Waals surface area contributed by atoms with Crippen LogP contribution in [0.1, 0.15) is 40.7 Å². The van der Waals surface area contributed by atoms with Gasteiger partial charge >= 0.3 is 0 Å². The Morgan fingerprint density at radius 1 is 0.868 bits per heavy atom. The van der Waals surface area contributed by atoms with Crippen LogP contribution in [-0.4, -0.2) is 72.6 Å². The fourth-order valence-corrected chi connectivity index (χ4v) is 4.92. The number of amides is 1. The van der Waals surface area contributed by atoms with Crippen molar-refractivity contribution in [1.29, 1.82) is 0 Å².